The highest BCUT2D eigenvalue weighted by atomic mass is 19.4. The van der Waals surface area contributed by atoms with E-state index in [1.165, 1.54) is 12.8 Å². The standard InChI is InChI=1S/C15H18N4O2.C7H13NO2.C2HF3O2/c16-9-3-5-11(17)14(20)19-15(21)13-8-7-10-4-1-2-6-12(10)18-13;1-5(7(9)10)8-4-6-2-3-6;3-2(4,5)1(6)7/h1-2,4,6-8,11H,3,5,9,16-17H2,(H,19,20,21);5-6,8H,2-4H2,1H3,(H,9,10);(H,6,7)/t11-;5-;/m10./s1. The quantitative estimate of drug-likeness (QED) is 0.270. The molecule has 2 amide bonds. The number of alkyl halides is 3. The van der Waals surface area contributed by atoms with Gasteiger partial charge in [0.05, 0.1) is 11.6 Å². The maximum Gasteiger partial charge on any atom is 0.490 e. The maximum atomic E-state index is 12.0. The lowest BCUT2D eigenvalue weighted by atomic mass is 10.1. The molecule has 38 heavy (non-hydrogen) atoms. The molecule has 1 aromatic heterocycles. The molecule has 2 atom stereocenters. The summed E-state index contributed by atoms with van der Waals surface area (Å²) in [6.45, 7) is 3.00. The van der Waals surface area contributed by atoms with Gasteiger partial charge in [-0.05, 0) is 63.7 Å². The molecular weight excluding hydrogens is 511 g/mol. The highest BCUT2D eigenvalue weighted by Crippen LogP contribution is 2.27. The molecule has 1 aromatic carbocycles. The van der Waals surface area contributed by atoms with Crippen LogP contribution in [0, 0.1) is 5.92 Å². The van der Waals surface area contributed by atoms with Crippen molar-refractivity contribution >= 4 is 34.7 Å². The Morgan fingerprint density at radius 1 is 1.11 bits per heavy atom. The molecule has 210 valence electrons. The van der Waals surface area contributed by atoms with Crippen LogP contribution in [0.3, 0.4) is 0 Å². The largest absolute Gasteiger partial charge is 0.490 e. The van der Waals surface area contributed by atoms with Gasteiger partial charge < -0.3 is 27.0 Å². The number of aliphatic carboxylic acids is 2. The molecule has 1 fully saturated rings. The number of hydrogen-bond acceptors (Lipinski definition) is 8. The van der Waals surface area contributed by atoms with Gasteiger partial charge in [-0.15, -0.1) is 0 Å². The van der Waals surface area contributed by atoms with Crippen LogP contribution in [0.2, 0.25) is 0 Å². The summed E-state index contributed by atoms with van der Waals surface area (Å²) < 4.78 is 31.7. The molecule has 0 unspecified atom stereocenters. The van der Waals surface area contributed by atoms with Crippen molar-refractivity contribution < 1.29 is 42.6 Å². The van der Waals surface area contributed by atoms with Crippen molar-refractivity contribution in [3.05, 3.63) is 42.1 Å². The topological polar surface area (TPSA) is 198 Å². The molecule has 2 aromatic rings. The lowest BCUT2D eigenvalue weighted by Gasteiger charge is -2.10. The molecule has 3 rings (SSSR count). The summed E-state index contributed by atoms with van der Waals surface area (Å²) in [4.78, 5) is 47.2. The molecule has 0 radical (unpaired) electrons. The van der Waals surface area contributed by atoms with E-state index in [0.717, 1.165) is 17.8 Å². The Balaban J connectivity index is 0.000000351. The number of carboxylic acid groups (broad SMARTS) is 2. The molecule has 1 aliphatic carbocycles. The molecule has 0 bridgehead atoms. The van der Waals surface area contributed by atoms with Gasteiger partial charge in [0.1, 0.15) is 11.7 Å². The second-order valence-electron chi connectivity index (χ2n) is 8.46. The van der Waals surface area contributed by atoms with E-state index in [-0.39, 0.29) is 11.7 Å². The Morgan fingerprint density at radius 2 is 1.71 bits per heavy atom. The lowest BCUT2D eigenvalue weighted by molar-refractivity contribution is -0.192. The second kappa shape index (κ2) is 15.6. The van der Waals surface area contributed by atoms with E-state index >= 15 is 0 Å². The molecule has 0 aliphatic heterocycles. The number of halogens is 3. The molecular formula is C24H32F3N5O6. The third-order valence-corrected chi connectivity index (χ3v) is 5.15. The Morgan fingerprint density at radius 3 is 2.24 bits per heavy atom. The monoisotopic (exact) mass is 543 g/mol. The summed E-state index contributed by atoms with van der Waals surface area (Å²) in [6, 6.07) is 9.68. The van der Waals surface area contributed by atoms with Gasteiger partial charge in [-0.2, -0.15) is 13.2 Å². The average molecular weight is 544 g/mol. The van der Waals surface area contributed by atoms with E-state index in [1.54, 1.807) is 25.1 Å². The number of benzene rings is 1. The lowest BCUT2D eigenvalue weighted by Crippen LogP contribution is -2.43. The number of aromatic nitrogens is 1. The number of carboxylic acids is 2. The Bertz CT molecular complexity index is 1090. The summed E-state index contributed by atoms with van der Waals surface area (Å²) in [5.41, 5.74) is 11.9. The highest BCUT2D eigenvalue weighted by molar-refractivity contribution is 6.05. The Labute approximate surface area is 216 Å². The van der Waals surface area contributed by atoms with Crippen LogP contribution in [0.1, 0.15) is 43.1 Å². The van der Waals surface area contributed by atoms with E-state index in [2.05, 4.69) is 15.6 Å². The van der Waals surface area contributed by atoms with Crippen molar-refractivity contribution in [2.75, 3.05) is 13.1 Å². The number of pyridine rings is 1. The molecule has 1 aliphatic rings. The van der Waals surface area contributed by atoms with Crippen molar-refractivity contribution in [1.29, 1.82) is 0 Å². The molecule has 11 nitrogen and oxygen atoms in total. The number of rotatable bonds is 9. The zero-order valence-electron chi connectivity index (χ0n) is 20.7. The first-order chi connectivity index (χ1) is 17.8. The predicted octanol–water partition coefficient (Wildman–Crippen LogP) is 1.65. The Hall–Kier alpha value is -3.62. The van der Waals surface area contributed by atoms with Crippen LogP contribution in [0.15, 0.2) is 36.4 Å². The van der Waals surface area contributed by atoms with E-state index in [4.69, 9.17) is 26.5 Å². The van der Waals surface area contributed by atoms with Gasteiger partial charge in [0, 0.05) is 5.39 Å². The smallest absolute Gasteiger partial charge is 0.480 e. The minimum Gasteiger partial charge on any atom is -0.480 e. The van der Waals surface area contributed by atoms with Crippen LogP contribution in [0.4, 0.5) is 13.2 Å². The van der Waals surface area contributed by atoms with Gasteiger partial charge in [0.2, 0.25) is 5.91 Å². The third kappa shape index (κ3) is 12.6. The fourth-order valence-corrected chi connectivity index (χ4v) is 2.68. The number of nitrogens with one attached hydrogen (secondary N) is 2. The molecule has 1 heterocycles. The first-order valence-electron chi connectivity index (χ1n) is 11.7. The number of nitrogens with zero attached hydrogens (tertiary/aromatic N) is 1. The number of carbonyl (C=O) groups is 4. The summed E-state index contributed by atoms with van der Waals surface area (Å²) in [7, 11) is 0. The number of carbonyl (C=O) groups excluding carboxylic acids is 2. The van der Waals surface area contributed by atoms with Gasteiger partial charge in [-0.3, -0.25) is 19.7 Å². The number of hydrogen-bond donors (Lipinski definition) is 6. The molecule has 8 N–H and O–H groups in total. The molecule has 1 saturated carbocycles. The number of nitrogens with two attached hydrogens (primary N) is 2. The highest BCUT2D eigenvalue weighted by Gasteiger charge is 2.38. The first-order valence-corrected chi connectivity index (χ1v) is 11.7. The van der Waals surface area contributed by atoms with Crippen molar-refractivity contribution in [3.63, 3.8) is 0 Å². The normalized spacial score (nSPS) is 14.2. The van der Waals surface area contributed by atoms with E-state index < -0.39 is 36.0 Å². The minimum atomic E-state index is -5.08. The molecule has 14 heteroatoms. The summed E-state index contributed by atoms with van der Waals surface area (Å²) in [5.74, 6) is -3.83. The van der Waals surface area contributed by atoms with Crippen molar-refractivity contribution in [2.24, 2.45) is 17.4 Å². The van der Waals surface area contributed by atoms with E-state index in [0.29, 0.717) is 24.9 Å². The van der Waals surface area contributed by atoms with Crippen LogP contribution >= 0.6 is 0 Å². The number of amides is 2. The summed E-state index contributed by atoms with van der Waals surface area (Å²) >= 11 is 0. The van der Waals surface area contributed by atoms with Gasteiger partial charge in [-0.1, -0.05) is 24.3 Å². The Kier molecular flexibility index (Phi) is 13.3. The van der Waals surface area contributed by atoms with Crippen LogP contribution in [0.5, 0.6) is 0 Å². The van der Waals surface area contributed by atoms with Crippen molar-refractivity contribution in [3.8, 4) is 0 Å². The van der Waals surface area contributed by atoms with Gasteiger partial charge >= 0.3 is 18.1 Å². The average Bonchev–Trinajstić information content (AvgIpc) is 3.70. The van der Waals surface area contributed by atoms with E-state index in [1.807, 2.05) is 18.2 Å². The number of fused-ring (bicyclic) bond motifs is 1. The zero-order valence-corrected chi connectivity index (χ0v) is 20.7. The molecule has 0 spiro atoms. The van der Waals surface area contributed by atoms with Crippen LogP contribution in [0.25, 0.3) is 10.9 Å². The number of imide groups is 1. The van der Waals surface area contributed by atoms with Gasteiger partial charge in [0.15, 0.2) is 0 Å². The first kappa shape index (κ1) is 32.4. The predicted molar refractivity (Wildman–Crippen MR) is 132 cm³/mol. The zero-order chi connectivity index (χ0) is 28.9. The molecule has 0 saturated heterocycles. The van der Waals surface area contributed by atoms with Crippen molar-refractivity contribution in [2.45, 2.75) is 50.9 Å². The summed E-state index contributed by atoms with van der Waals surface area (Å²) in [5, 5.41) is 21.7. The SMILES string of the molecule is C[C@H](NCC1CC1)C(=O)O.NCCC[C@@H](N)C(=O)NC(=O)c1ccc2ccccc2n1.O=C(O)C(F)(F)F. The fraction of sp³-hybridized carbons (Fsp3) is 0.458. The van der Waals surface area contributed by atoms with Crippen LogP contribution in [-0.4, -0.2) is 70.3 Å². The third-order valence-electron chi connectivity index (χ3n) is 5.15. The van der Waals surface area contributed by atoms with Crippen LogP contribution in [-0.2, 0) is 14.4 Å². The van der Waals surface area contributed by atoms with Crippen molar-refractivity contribution in [1.82, 2.24) is 15.6 Å². The maximum absolute atomic E-state index is 12.0. The minimum absolute atomic E-state index is 0.188. The van der Waals surface area contributed by atoms with Gasteiger partial charge in [0.25, 0.3) is 5.91 Å². The fourth-order valence-electron chi connectivity index (χ4n) is 2.68. The van der Waals surface area contributed by atoms with Crippen LogP contribution < -0.4 is 22.1 Å². The van der Waals surface area contributed by atoms with Gasteiger partial charge in [-0.25, -0.2) is 9.78 Å². The summed E-state index contributed by atoms with van der Waals surface area (Å²) in [6.07, 6.45) is -1.48. The number of para-hydroxylation sites is 1. The van der Waals surface area contributed by atoms with E-state index in [9.17, 15) is 27.6 Å². The second-order valence-corrected chi connectivity index (χ2v) is 8.46.